The molecule has 0 spiro atoms. The van der Waals surface area contributed by atoms with E-state index in [1.807, 2.05) is 0 Å². The van der Waals surface area contributed by atoms with E-state index >= 15 is 0 Å². The van der Waals surface area contributed by atoms with Gasteiger partial charge in [-0.2, -0.15) is 0 Å². The van der Waals surface area contributed by atoms with E-state index in [0.717, 1.165) is 0 Å². The Balaban J connectivity index is 1.99. The summed E-state index contributed by atoms with van der Waals surface area (Å²) in [7, 11) is -3.94. The van der Waals surface area contributed by atoms with Crippen LogP contribution >= 0.6 is 22.9 Å². The molecule has 0 saturated carbocycles. The third kappa shape index (κ3) is 4.24. The molecule has 0 fully saturated rings. The van der Waals surface area contributed by atoms with Gasteiger partial charge >= 0.3 is 0 Å². The molecule has 6 nitrogen and oxygen atoms in total. The van der Waals surface area contributed by atoms with Gasteiger partial charge in [0.05, 0.1) is 27.7 Å². The summed E-state index contributed by atoms with van der Waals surface area (Å²) in [5.41, 5.74) is 0.538. The van der Waals surface area contributed by atoms with Crippen LogP contribution in [0.5, 0.6) is 0 Å². The van der Waals surface area contributed by atoms with Gasteiger partial charge in [0.15, 0.2) is 5.13 Å². The summed E-state index contributed by atoms with van der Waals surface area (Å²) in [6.45, 7) is 3.72. The molecule has 0 atom stereocenters. The molecule has 3 rings (SSSR count). The largest absolute Gasteiger partial charge is 0.298 e. The molecule has 0 radical (unpaired) electrons. The van der Waals surface area contributed by atoms with Crippen LogP contribution in [0, 0.1) is 0 Å². The van der Waals surface area contributed by atoms with Gasteiger partial charge in [0.2, 0.25) is 0 Å². The number of nitrogens with zero attached hydrogens (tertiary/aromatic N) is 2. The van der Waals surface area contributed by atoms with Crippen LogP contribution in [-0.4, -0.2) is 25.9 Å². The van der Waals surface area contributed by atoms with E-state index in [4.69, 9.17) is 11.6 Å². The highest BCUT2D eigenvalue weighted by atomic mass is 35.5. The SMILES string of the molecule is C=CCN(c1ccccc1)S(=O)(=O)c1ccc(Cl)c(C(=O)Nc2nccs2)c1. The lowest BCUT2D eigenvalue weighted by Gasteiger charge is -2.23. The zero-order valence-corrected chi connectivity index (χ0v) is 17.0. The summed E-state index contributed by atoms with van der Waals surface area (Å²) in [6.07, 6.45) is 3.05. The fourth-order valence-electron chi connectivity index (χ4n) is 2.47. The highest BCUT2D eigenvalue weighted by molar-refractivity contribution is 7.92. The first-order chi connectivity index (χ1) is 13.4. The second-order valence-corrected chi connectivity index (χ2v) is 8.76. The third-order valence-electron chi connectivity index (χ3n) is 3.76. The van der Waals surface area contributed by atoms with Crippen LogP contribution in [0.2, 0.25) is 5.02 Å². The van der Waals surface area contributed by atoms with Gasteiger partial charge in [-0.3, -0.25) is 14.4 Å². The number of nitrogens with one attached hydrogen (secondary N) is 1. The van der Waals surface area contributed by atoms with E-state index in [0.29, 0.717) is 10.8 Å². The second kappa shape index (κ2) is 8.55. The lowest BCUT2D eigenvalue weighted by molar-refractivity contribution is 0.102. The van der Waals surface area contributed by atoms with Crippen molar-refractivity contribution in [3.63, 3.8) is 0 Å². The van der Waals surface area contributed by atoms with Crippen molar-refractivity contribution in [3.8, 4) is 0 Å². The predicted octanol–water partition coefficient (Wildman–Crippen LogP) is 4.43. The molecule has 3 aromatic rings. The predicted molar refractivity (Wildman–Crippen MR) is 113 cm³/mol. The molecule has 144 valence electrons. The number of amides is 1. The zero-order chi connectivity index (χ0) is 20.1. The Labute approximate surface area is 172 Å². The van der Waals surface area contributed by atoms with Crippen molar-refractivity contribution < 1.29 is 13.2 Å². The molecule has 2 aromatic carbocycles. The van der Waals surface area contributed by atoms with Crippen LogP contribution in [0.15, 0.2) is 77.7 Å². The van der Waals surface area contributed by atoms with E-state index in [1.165, 1.54) is 39.9 Å². The zero-order valence-electron chi connectivity index (χ0n) is 14.6. The van der Waals surface area contributed by atoms with Gasteiger partial charge < -0.3 is 0 Å². The van der Waals surface area contributed by atoms with Crippen molar-refractivity contribution in [2.75, 3.05) is 16.2 Å². The highest BCUT2D eigenvalue weighted by Crippen LogP contribution is 2.27. The molecule has 0 unspecified atom stereocenters. The maximum atomic E-state index is 13.2. The molecule has 1 heterocycles. The first kappa shape index (κ1) is 20.1. The monoisotopic (exact) mass is 433 g/mol. The molecular weight excluding hydrogens is 418 g/mol. The van der Waals surface area contributed by atoms with Crippen molar-refractivity contribution in [2.24, 2.45) is 0 Å². The van der Waals surface area contributed by atoms with Gasteiger partial charge in [0.1, 0.15) is 0 Å². The summed E-state index contributed by atoms with van der Waals surface area (Å²) in [6, 6.07) is 12.7. The molecule has 28 heavy (non-hydrogen) atoms. The Hall–Kier alpha value is -2.68. The summed E-state index contributed by atoms with van der Waals surface area (Å²) in [5.74, 6) is -0.535. The molecular formula is C19H16ClN3O3S2. The number of thiazole rings is 1. The fraction of sp³-hybridized carbons (Fsp3) is 0.0526. The Morgan fingerprint density at radius 2 is 2.00 bits per heavy atom. The maximum absolute atomic E-state index is 13.2. The average Bonchev–Trinajstić information content (AvgIpc) is 3.19. The minimum atomic E-state index is -3.94. The Morgan fingerprint density at radius 3 is 2.64 bits per heavy atom. The lowest BCUT2D eigenvalue weighted by atomic mass is 10.2. The van der Waals surface area contributed by atoms with E-state index in [2.05, 4.69) is 16.9 Å². The van der Waals surface area contributed by atoms with Crippen LogP contribution in [0.3, 0.4) is 0 Å². The first-order valence-electron chi connectivity index (χ1n) is 8.12. The quantitative estimate of drug-likeness (QED) is 0.559. The maximum Gasteiger partial charge on any atom is 0.264 e. The molecule has 1 aromatic heterocycles. The number of sulfonamides is 1. The van der Waals surface area contributed by atoms with Gasteiger partial charge in [-0.05, 0) is 30.3 Å². The number of aromatic nitrogens is 1. The van der Waals surface area contributed by atoms with Crippen LogP contribution < -0.4 is 9.62 Å². The van der Waals surface area contributed by atoms with Crippen molar-refractivity contribution in [2.45, 2.75) is 4.90 Å². The number of carbonyl (C=O) groups excluding carboxylic acids is 1. The van der Waals surface area contributed by atoms with Gasteiger partial charge in [0, 0.05) is 11.6 Å². The number of benzene rings is 2. The van der Waals surface area contributed by atoms with Crippen molar-refractivity contribution in [1.82, 2.24) is 4.98 Å². The first-order valence-corrected chi connectivity index (χ1v) is 10.8. The molecule has 0 aliphatic heterocycles. The van der Waals surface area contributed by atoms with Gasteiger partial charge in [-0.25, -0.2) is 13.4 Å². The number of halogens is 1. The Bertz CT molecular complexity index is 1080. The lowest BCUT2D eigenvalue weighted by Crippen LogP contribution is -2.31. The number of para-hydroxylation sites is 1. The Morgan fingerprint density at radius 1 is 1.25 bits per heavy atom. The molecule has 0 aliphatic rings. The minimum absolute atomic E-state index is 0.0459. The van der Waals surface area contributed by atoms with Crippen LogP contribution in [0.25, 0.3) is 0 Å². The minimum Gasteiger partial charge on any atom is -0.298 e. The standard InChI is InChI=1S/C19H16ClN3O3S2/c1-2-11-23(14-6-4-3-5-7-14)28(25,26)15-8-9-17(20)16(13-15)18(24)22-19-21-10-12-27-19/h2-10,12-13H,1,11H2,(H,21,22,24). The van der Waals surface area contributed by atoms with Crippen LogP contribution in [-0.2, 0) is 10.0 Å². The highest BCUT2D eigenvalue weighted by Gasteiger charge is 2.26. The molecule has 0 saturated heterocycles. The number of hydrogen-bond acceptors (Lipinski definition) is 5. The second-order valence-electron chi connectivity index (χ2n) is 5.59. The van der Waals surface area contributed by atoms with Crippen molar-refractivity contribution in [1.29, 1.82) is 0 Å². The van der Waals surface area contributed by atoms with Crippen LogP contribution in [0.4, 0.5) is 10.8 Å². The molecule has 9 heteroatoms. The van der Waals surface area contributed by atoms with E-state index < -0.39 is 15.9 Å². The summed E-state index contributed by atoms with van der Waals surface area (Å²) >= 11 is 7.38. The summed E-state index contributed by atoms with van der Waals surface area (Å²) in [4.78, 5) is 16.5. The Kier molecular flexibility index (Phi) is 6.13. The topological polar surface area (TPSA) is 79.4 Å². The number of rotatable bonds is 7. The normalized spacial score (nSPS) is 11.0. The van der Waals surface area contributed by atoms with E-state index in [9.17, 15) is 13.2 Å². The number of hydrogen-bond donors (Lipinski definition) is 1. The molecule has 0 bridgehead atoms. The van der Waals surface area contributed by atoms with Gasteiger partial charge in [0.25, 0.3) is 15.9 Å². The average molecular weight is 434 g/mol. The number of anilines is 2. The summed E-state index contributed by atoms with van der Waals surface area (Å²) in [5, 5.41) is 4.85. The van der Waals surface area contributed by atoms with Gasteiger partial charge in [-0.15, -0.1) is 17.9 Å². The smallest absolute Gasteiger partial charge is 0.264 e. The fourth-order valence-corrected chi connectivity index (χ4v) is 4.66. The van der Waals surface area contributed by atoms with E-state index in [-0.39, 0.29) is 22.0 Å². The van der Waals surface area contributed by atoms with Crippen molar-refractivity contribution >= 4 is 49.7 Å². The third-order valence-corrected chi connectivity index (χ3v) is 6.57. The van der Waals surface area contributed by atoms with Crippen molar-refractivity contribution in [3.05, 3.63) is 83.3 Å². The van der Waals surface area contributed by atoms with Gasteiger partial charge in [-0.1, -0.05) is 35.9 Å². The molecule has 1 N–H and O–H groups in total. The molecule has 0 aliphatic carbocycles. The summed E-state index contributed by atoms with van der Waals surface area (Å²) < 4.78 is 27.7. The number of carbonyl (C=O) groups is 1. The van der Waals surface area contributed by atoms with E-state index in [1.54, 1.807) is 41.9 Å². The van der Waals surface area contributed by atoms with Crippen LogP contribution in [0.1, 0.15) is 10.4 Å². The molecule has 1 amide bonds.